The maximum Gasteiger partial charge on any atom is 0.128 e. The second-order valence-electron chi connectivity index (χ2n) is 11.9. The minimum absolute atomic E-state index is 0.755. The highest BCUT2D eigenvalue weighted by molar-refractivity contribution is 5.99. The van der Waals surface area contributed by atoms with Crippen molar-refractivity contribution in [2.24, 2.45) is 10.9 Å². The summed E-state index contributed by atoms with van der Waals surface area (Å²) in [5, 5.41) is 3.39. The fraction of sp³-hybridized carbons (Fsp3) is 0.457. The molecule has 3 aliphatic rings. The lowest BCUT2D eigenvalue weighted by Crippen LogP contribution is -2.33. The van der Waals surface area contributed by atoms with Gasteiger partial charge in [-0.3, -0.25) is 14.8 Å². The molecule has 0 aliphatic carbocycles. The second kappa shape index (κ2) is 13.0. The number of fused-ring (bicyclic) bond motifs is 1. The molecule has 1 saturated heterocycles. The number of ether oxygens (including phenoxy) is 1. The molecule has 3 aromatic carbocycles. The third-order valence-electron chi connectivity index (χ3n) is 8.93. The molecular weight excluding hydrogens is 492 g/mol. The third-order valence-corrected chi connectivity index (χ3v) is 8.93. The van der Waals surface area contributed by atoms with Gasteiger partial charge in [0.25, 0.3) is 0 Å². The van der Waals surface area contributed by atoms with Gasteiger partial charge in [-0.15, -0.1) is 0 Å². The summed E-state index contributed by atoms with van der Waals surface area (Å²) in [6.45, 7) is 11.4. The fourth-order valence-electron chi connectivity index (χ4n) is 6.50. The lowest BCUT2D eigenvalue weighted by molar-refractivity contribution is 0.157. The Balaban J connectivity index is 0.959. The Hall–Kier alpha value is -3.15. The van der Waals surface area contributed by atoms with Crippen molar-refractivity contribution in [3.8, 4) is 5.75 Å². The Kier molecular flexibility index (Phi) is 8.80. The van der Waals surface area contributed by atoms with Gasteiger partial charge < -0.3 is 10.1 Å². The molecule has 1 N–H and O–H groups in total. The van der Waals surface area contributed by atoms with Crippen LogP contribution in [0.3, 0.4) is 0 Å². The van der Waals surface area contributed by atoms with Crippen molar-refractivity contribution in [2.45, 2.75) is 58.7 Å². The topological polar surface area (TPSA) is 40.1 Å². The molecule has 0 saturated carbocycles. The van der Waals surface area contributed by atoms with Crippen LogP contribution in [0.15, 0.2) is 71.7 Å². The number of rotatable bonds is 9. The molecule has 210 valence electrons. The lowest BCUT2D eigenvalue weighted by Gasteiger charge is -2.32. The molecule has 0 amide bonds. The van der Waals surface area contributed by atoms with Crippen molar-refractivity contribution < 1.29 is 4.74 Å². The summed E-state index contributed by atoms with van der Waals surface area (Å²) in [4.78, 5) is 9.78. The van der Waals surface area contributed by atoms with Crippen LogP contribution in [-0.4, -0.2) is 55.0 Å². The zero-order valence-electron chi connectivity index (χ0n) is 24.1. The largest absolute Gasteiger partial charge is 0.494 e. The zero-order chi connectivity index (χ0) is 27.1. The summed E-state index contributed by atoms with van der Waals surface area (Å²) >= 11 is 0. The van der Waals surface area contributed by atoms with Gasteiger partial charge in [0.2, 0.25) is 0 Å². The van der Waals surface area contributed by atoms with Crippen LogP contribution in [0, 0.1) is 12.8 Å². The second-order valence-corrected chi connectivity index (χ2v) is 11.9. The van der Waals surface area contributed by atoms with Gasteiger partial charge in [-0.1, -0.05) is 48.5 Å². The van der Waals surface area contributed by atoms with Gasteiger partial charge in [0.05, 0.1) is 13.2 Å². The highest BCUT2D eigenvalue weighted by Crippen LogP contribution is 2.27. The van der Waals surface area contributed by atoms with Gasteiger partial charge in [0.15, 0.2) is 0 Å². The molecule has 5 nitrogen and oxygen atoms in total. The summed E-state index contributed by atoms with van der Waals surface area (Å²) in [5.74, 6) is 2.84. The molecular formula is C35H44N4O. The van der Waals surface area contributed by atoms with Crippen molar-refractivity contribution in [1.82, 2.24) is 15.1 Å². The van der Waals surface area contributed by atoms with Gasteiger partial charge >= 0.3 is 0 Å². The molecule has 0 bridgehead atoms. The molecule has 1 fully saturated rings. The maximum atomic E-state index is 6.32. The summed E-state index contributed by atoms with van der Waals surface area (Å²) in [6, 6.07) is 24.5. The number of nitrogens with one attached hydrogen (secondary N) is 1. The predicted molar refractivity (Wildman–Crippen MR) is 164 cm³/mol. The average molecular weight is 537 g/mol. The Bertz CT molecular complexity index is 1310. The van der Waals surface area contributed by atoms with E-state index < -0.39 is 0 Å². The molecule has 0 radical (unpaired) electrons. The van der Waals surface area contributed by atoms with Gasteiger partial charge in [0.1, 0.15) is 11.6 Å². The van der Waals surface area contributed by atoms with Crippen molar-refractivity contribution >= 4 is 5.84 Å². The maximum absolute atomic E-state index is 6.32. The Morgan fingerprint density at radius 3 is 2.65 bits per heavy atom. The minimum atomic E-state index is 0.755. The quantitative estimate of drug-likeness (QED) is 0.366. The van der Waals surface area contributed by atoms with E-state index in [4.69, 9.17) is 4.74 Å². The number of aryl methyl sites for hydroxylation is 2. The van der Waals surface area contributed by atoms with E-state index in [1.807, 2.05) is 0 Å². The standard InChI is InChI=1S/C35H44N4O/c1-27-6-2-3-8-32(27)25-39-18-5-10-30-11-12-34(23-33(30)26-39)40-21-15-28-13-19-38(20-14-28)24-29-7-4-9-31(22-29)35-36-16-17-37-35/h2-4,6-9,11-12,22-23,28H,5,10,13-21,24-26H2,1H3,(H,36,37). The van der Waals surface area contributed by atoms with E-state index in [1.165, 1.54) is 65.7 Å². The predicted octanol–water partition coefficient (Wildman–Crippen LogP) is 5.97. The van der Waals surface area contributed by atoms with Gasteiger partial charge in [0, 0.05) is 31.7 Å². The number of hydrogen-bond acceptors (Lipinski definition) is 5. The van der Waals surface area contributed by atoms with Crippen LogP contribution in [-0.2, 0) is 26.1 Å². The first-order valence-electron chi connectivity index (χ1n) is 15.3. The molecule has 0 aromatic heterocycles. The number of nitrogens with zero attached hydrogens (tertiary/aromatic N) is 3. The number of aliphatic imine (C=N–C) groups is 1. The summed E-state index contributed by atoms with van der Waals surface area (Å²) in [5.41, 5.74) is 8.36. The van der Waals surface area contributed by atoms with Crippen LogP contribution >= 0.6 is 0 Å². The Labute approximate surface area is 240 Å². The van der Waals surface area contributed by atoms with E-state index in [0.29, 0.717) is 0 Å². The number of piperidine rings is 1. The van der Waals surface area contributed by atoms with Gasteiger partial charge in [-0.2, -0.15) is 0 Å². The highest BCUT2D eigenvalue weighted by atomic mass is 16.5. The van der Waals surface area contributed by atoms with Crippen molar-refractivity contribution in [1.29, 1.82) is 0 Å². The van der Waals surface area contributed by atoms with Crippen LogP contribution in [0.5, 0.6) is 5.75 Å². The Morgan fingerprint density at radius 1 is 0.900 bits per heavy atom. The first-order valence-corrected chi connectivity index (χ1v) is 15.3. The van der Waals surface area contributed by atoms with Crippen LogP contribution in [0.2, 0.25) is 0 Å². The molecule has 3 aliphatic heterocycles. The normalized spacial score (nSPS) is 18.6. The zero-order valence-corrected chi connectivity index (χ0v) is 24.1. The van der Waals surface area contributed by atoms with E-state index in [-0.39, 0.29) is 0 Å². The number of likely N-dealkylation sites (tertiary alicyclic amines) is 1. The van der Waals surface area contributed by atoms with Crippen molar-refractivity contribution in [3.63, 3.8) is 0 Å². The fourth-order valence-corrected chi connectivity index (χ4v) is 6.50. The smallest absolute Gasteiger partial charge is 0.128 e. The molecule has 0 unspecified atom stereocenters. The van der Waals surface area contributed by atoms with Crippen molar-refractivity contribution in [3.05, 3.63) is 100 Å². The van der Waals surface area contributed by atoms with Crippen LogP contribution < -0.4 is 10.1 Å². The summed E-state index contributed by atoms with van der Waals surface area (Å²) < 4.78 is 6.32. The first-order chi connectivity index (χ1) is 19.7. The van der Waals surface area contributed by atoms with Crippen molar-refractivity contribution in [2.75, 3.05) is 39.3 Å². The number of amidine groups is 1. The summed E-state index contributed by atoms with van der Waals surface area (Å²) in [6.07, 6.45) is 6.04. The van der Waals surface area contributed by atoms with E-state index >= 15 is 0 Å². The van der Waals surface area contributed by atoms with Gasteiger partial charge in [-0.05, 0) is 111 Å². The summed E-state index contributed by atoms with van der Waals surface area (Å²) in [7, 11) is 0. The Morgan fingerprint density at radius 2 is 1.80 bits per heavy atom. The van der Waals surface area contributed by atoms with E-state index in [1.54, 1.807) is 0 Å². The minimum Gasteiger partial charge on any atom is -0.494 e. The number of benzene rings is 3. The average Bonchev–Trinajstić information content (AvgIpc) is 3.44. The molecule has 0 spiro atoms. The first kappa shape index (κ1) is 27.0. The van der Waals surface area contributed by atoms with Crippen LogP contribution in [0.25, 0.3) is 0 Å². The number of hydrogen-bond donors (Lipinski definition) is 1. The van der Waals surface area contributed by atoms with E-state index in [9.17, 15) is 0 Å². The lowest BCUT2D eigenvalue weighted by atomic mass is 9.93. The molecule has 3 aromatic rings. The molecule has 40 heavy (non-hydrogen) atoms. The highest BCUT2D eigenvalue weighted by Gasteiger charge is 2.20. The van der Waals surface area contributed by atoms with Crippen LogP contribution in [0.1, 0.15) is 59.1 Å². The monoisotopic (exact) mass is 536 g/mol. The molecule has 0 atom stereocenters. The van der Waals surface area contributed by atoms with Gasteiger partial charge in [-0.25, -0.2) is 0 Å². The van der Waals surface area contributed by atoms with E-state index in [0.717, 1.165) is 76.2 Å². The third kappa shape index (κ3) is 6.94. The SMILES string of the molecule is Cc1ccccc1CN1CCCc2ccc(OCCC3CCN(Cc4cccc(C5=NCCN5)c4)CC3)cc2C1. The molecule has 5 heteroatoms. The van der Waals surface area contributed by atoms with E-state index in [2.05, 4.69) is 93.8 Å². The molecule has 3 heterocycles. The molecule has 6 rings (SSSR count). The van der Waals surface area contributed by atoms with Crippen LogP contribution in [0.4, 0.5) is 0 Å².